The third-order valence-electron chi connectivity index (χ3n) is 4.96. The van der Waals surface area contributed by atoms with E-state index in [1.807, 2.05) is 127 Å². The van der Waals surface area contributed by atoms with E-state index in [4.69, 9.17) is 0 Å². The molecule has 0 atom stereocenters. The molecule has 0 amide bonds. The van der Waals surface area contributed by atoms with E-state index in [0.29, 0.717) is 0 Å². The fourth-order valence-corrected chi connectivity index (χ4v) is 3.24. The molecule has 4 heteroatoms. The largest absolute Gasteiger partial charge is 0.296 e. The smallest absolute Gasteiger partial charge is 0 e. The van der Waals surface area contributed by atoms with Crippen molar-refractivity contribution in [3.05, 3.63) is 164 Å². The first-order valence-electron chi connectivity index (χ1n) is 11.5. The summed E-state index contributed by atoms with van der Waals surface area (Å²) < 4.78 is 0. The zero-order chi connectivity index (χ0) is 24.7. The van der Waals surface area contributed by atoms with Crippen LogP contribution >= 0.6 is 0 Å². The second kappa shape index (κ2) is 15.7. The van der Waals surface area contributed by atoms with Gasteiger partial charge in [0.05, 0.1) is 0 Å². The summed E-state index contributed by atoms with van der Waals surface area (Å²) in [6, 6.07) is 50.6. The topological polar surface area (TPSA) is 38.7 Å². The molecule has 0 aliphatic carbocycles. The average molecular weight is 569 g/mol. The maximum Gasteiger partial charge on any atom is 0 e. The Bertz CT molecular complexity index is 1090. The van der Waals surface area contributed by atoms with Crippen LogP contribution < -0.4 is 0 Å². The zero-order valence-electron chi connectivity index (χ0n) is 20.0. The third kappa shape index (κ3) is 9.05. The molecule has 0 fully saturated rings. The molecule has 184 valence electrons. The van der Waals surface area contributed by atoms with Crippen LogP contribution in [0, 0.1) is 18.2 Å². The van der Waals surface area contributed by atoms with Crippen molar-refractivity contribution >= 4 is 0 Å². The van der Waals surface area contributed by atoms with E-state index in [1.54, 1.807) is 18.6 Å². The molecule has 37 heavy (non-hydrogen) atoms. The standard InChI is InChI=1S/3C11H8N.Pd/c3*1-2-6-10(7-3-1)11-8-4-5-9-12-11;/h3*1-7,9H;/q3*-1;. The molecule has 0 aliphatic heterocycles. The molecule has 3 nitrogen and oxygen atoms in total. The summed E-state index contributed by atoms with van der Waals surface area (Å²) >= 11 is 0. The van der Waals surface area contributed by atoms with Gasteiger partial charge in [-0.05, 0) is 35.7 Å². The Morgan fingerprint density at radius 2 is 0.622 bits per heavy atom. The van der Waals surface area contributed by atoms with Crippen molar-refractivity contribution in [3.8, 4) is 33.8 Å². The van der Waals surface area contributed by atoms with E-state index in [2.05, 4.69) is 33.2 Å². The van der Waals surface area contributed by atoms with Crippen LogP contribution in [0.1, 0.15) is 0 Å². The first-order valence-corrected chi connectivity index (χ1v) is 11.5. The van der Waals surface area contributed by atoms with Crippen molar-refractivity contribution in [1.82, 2.24) is 15.0 Å². The second-order valence-corrected chi connectivity index (χ2v) is 7.49. The number of nitrogens with zero attached hydrogens (tertiary/aromatic N) is 3. The van der Waals surface area contributed by atoms with E-state index in [0.717, 1.165) is 33.8 Å². The Hall–Kier alpha value is -4.23. The van der Waals surface area contributed by atoms with Gasteiger partial charge in [-0.3, -0.25) is 15.0 Å². The van der Waals surface area contributed by atoms with Crippen molar-refractivity contribution in [1.29, 1.82) is 0 Å². The molecule has 0 saturated carbocycles. The average Bonchev–Trinajstić information content (AvgIpc) is 3.01. The van der Waals surface area contributed by atoms with Crippen LogP contribution in [0.15, 0.2) is 146 Å². The maximum atomic E-state index is 4.19. The molecule has 0 unspecified atom stereocenters. The molecular formula is C33H24N3Pd-3. The summed E-state index contributed by atoms with van der Waals surface area (Å²) in [5, 5.41) is 0. The molecule has 3 aromatic carbocycles. The van der Waals surface area contributed by atoms with Gasteiger partial charge in [0.1, 0.15) is 0 Å². The van der Waals surface area contributed by atoms with E-state index >= 15 is 0 Å². The molecule has 0 saturated heterocycles. The molecule has 6 rings (SSSR count). The summed E-state index contributed by atoms with van der Waals surface area (Å²) in [5.41, 5.74) is 6.03. The molecule has 0 bridgehead atoms. The molecule has 0 radical (unpaired) electrons. The number of aromatic nitrogens is 3. The van der Waals surface area contributed by atoms with Crippen molar-refractivity contribution in [2.24, 2.45) is 0 Å². The molecular weight excluding hydrogens is 545 g/mol. The SMILES string of the molecule is [Pd].[c-]1cccnc1-c1ccccc1.[c-]1cccnc1-c1ccccc1.[c-]1cccnc1-c1ccccc1. The Morgan fingerprint density at radius 1 is 0.351 bits per heavy atom. The maximum absolute atomic E-state index is 4.19. The quantitative estimate of drug-likeness (QED) is 0.163. The van der Waals surface area contributed by atoms with Crippen molar-refractivity contribution in [2.75, 3.05) is 0 Å². The van der Waals surface area contributed by atoms with Gasteiger partial charge in [0.25, 0.3) is 0 Å². The first kappa shape index (κ1) is 27.4. The minimum absolute atomic E-state index is 0. The van der Waals surface area contributed by atoms with Gasteiger partial charge in [0.15, 0.2) is 0 Å². The summed E-state index contributed by atoms with van der Waals surface area (Å²) in [6.45, 7) is 0. The summed E-state index contributed by atoms with van der Waals surface area (Å²) in [4.78, 5) is 12.6. The van der Waals surface area contributed by atoms with Crippen molar-refractivity contribution in [3.63, 3.8) is 0 Å². The van der Waals surface area contributed by atoms with E-state index in [9.17, 15) is 0 Å². The van der Waals surface area contributed by atoms with Gasteiger partial charge in [0.2, 0.25) is 0 Å². The molecule has 0 spiro atoms. The minimum Gasteiger partial charge on any atom is -0.296 e. The van der Waals surface area contributed by atoms with Crippen molar-refractivity contribution in [2.45, 2.75) is 0 Å². The van der Waals surface area contributed by atoms with Gasteiger partial charge in [0, 0.05) is 20.4 Å². The molecule has 3 aromatic heterocycles. The number of hydrogen-bond donors (Lipinski definition) is 0. The zero-order valence-corrected chi connectivity index (χ0v) is 21.6. The number of hydrogen-bond acceptors (Lipinski definition) is 3. The summed E-state index contributed by atoms with van der Waals surface area (Å²) in [6.07, 6.45) is 5.33. The predicted molar refractivity (Wildman–Crippen MR) is 146 cm³/mol. The fourth-order valence-electron chi connectivity index (χ4n) is 3.24. The van der Waals surface area contributed by atoms with Crippen LogP contribution in [0.3, 0.4) is 0 Å². The fraction of sp³-hybridized carbons (Fsp3) is 0. The van der Waals surface area contributed by atoms with Crippen LogP contribution in [-0.4, -0.2) is 15.0 Å². The van der Waals surface area contributed by atoms with Gasteiger partial charge in [-0.1, -0.05) is 71.3 Å². The summed E-state index contributed by atoms with van der Waals surface area (Å²) in [7, 11) is 0. The Balaban J connectivity index is 0.000000152. The van der Waals surface area contributed by atoms with Gasteiger partial charge in [-0.25, -0.2) is 0 Å². The number of rotatable bonds is 3. The van der Waals surface area contributed by atoms with Gasteiger partial charge < -0.3 is 0 Å². The van der Waals surface area contributed by atoms with Gasteiger partial charge in [-0.2, -0.15) is 36.4 Å². The second-order valence-electron chi connectivity index (χ2n) is 7.49. The Kier molecular flexibility index (Phi) is 11.6. The molecule has 0 N–H and O–H groups in total. The molecule has 6 aromatic rings. The predicted octanol–water partition coefficient (Wildman–Crippen LogP) is 7.64. The number of benzene rings is 3. The number of pyridine rings is 3. The van der Waals surface area contributed by atoms with Crippen LogP contribution in [0.4, 0.5) is 0 Å². The Morgan fingerprint density at radius 3 is 0.838 bits per heavy atom. The van der Waals surface area contributed by atoms with E-state index < -0.39 is 0 Å². The monoisotopic (exact) mass is 568 g/mol. The van der Waals surface area contributed by atoms with Gasteiger partial charge >= 0.3 is 0 Å². The van der Waals surface area contributed by atoms with E-state index in [-0.39, 0.29) is 20.4 Å². The molecule has 0 aliphatic rings. The van der Waals surface area contributed by atoms with Crippen LogP contribution in [0.5, 0.6) is 0 Å². The van der Waals surface area contributed by atoms with Gasteiger partial charge in [-0.15, -0.1) is 54.6 Å². The van der Waals surface area contributed by atoms with Crippen LogP contribution in [-0.2, 0) is 20.4 Å². The minimum atomic E-state index is 0. The normalized spacial score (nSPS) is 9.41. The molecule has 3 heterocycles. The van der Waals surface area contributed by atoms with Crippen molar-refractivity contribution < 1.29 is 20.4 Å². The third-order valence-corrected chi connectivity index (χ3v) is 4.96. The first-order chi connectivity index (χ1) is 17.9. The van der Waals surface area contributed by atoms with E-state index in [1.165, 1.54) is 0 Å². The Labute approximate surface area is 232 Å². The van der Waals surface area contributed by atoms with Crippen LogP contribution in [0.25, 0.3) is 33.8 Å². The summed E-state index contributed by atoms with van der Waals surface area (Å²) in [5.74, 6) is 0. The van der Waals surface area contributed by atoms with Crippen LogP contribution in [0.2, 0.25) is 0 Å².